The zero-order valence-electron chi connectivity index (χ0n) is 18.7. The summed E-state index contributed by atoms with van der Waals surface area (Å²) in [6, 6.07) is -0.475. The van der Waals surface area contributed by atoms with E-state index in [-0.39, 0.29) is 41.5 Å². The maximum Gasteiger partial charge on any atom is 0.407 e. The maximum atomic E-state index is 13.0. The summed E-state index contributed by atoms with van der Waals surface area (Å²) in [5, 5.41) is 2.82. The predicted octanol–water partition coefficient (Wildman–Crippen LogP) is 2.37. The van der Waals surface area contributed by atoms with Crippen molar-refractivity contribution in [2.24, 2.45) is 0 Å². The standard InChI is InChI=1S/C21H31N3O6/c1-11-17(19(27)29-7)15(22-18(11)13(3)25)10-16(26)24-9-8-14(12(24)2)23-20(28)30-21(4,5)6/h12,14,22H,8-10H2,1-7H3,(H,23,28)/t12-,14-/m1/s1. The van der Waals surface area contributed by atoms with E-state index in [0.717, 1.165) is 0 Å². The van der Waals surface area contributed by atoms with Crippen molar-refractivity contribution in [1.29, 1.82) is 0 Å². The molecule has 0 radical (unpaired) electrons. The van der Waals surface area contributed by atoms with Gasteiger partial charge in [0.05, 0.1) is 30.8 Å². The minimum atomic E-state index is -0.606. The number of methoxy groups -OCH3 is 1. The predicted molar refractivity (Wildman–Crippen MR) is 110 cm³/mol. The lowest BCUT2D eigenvalue weighted by Crippen LogP contribution is -2.46. The lowest BCUT2D eigenvalue weighted by Gasteiger charge is -2.26. The van der Waals surface area contributed by atoms with Crippen molar-refractivity contribution < 1.29 is 28.7 Å². The van der Waals surface area contributed by atoms with Crippen molar-refractivity contribution in [2.75, 3.05) is 13.7 Å². The molecule has 166 valence electrons. The van der Waals surface area contributed by atoms with E-state index >= 15 is 0 Å². The van der Waals surface area contributed by atoms with Gasteiger partial charge in [-0.3, -0.25) is 9.59 Å². The summed E-state index contributed by atoms with van der Waals surface area (Å²) in [5.74, 6) is -1.04. The number of hydrogen-bond donors (Lipinski definition) is 2. The van der Waals surface area contributed by atoms with Gasteiger partial charge in [-0.2, -0.15) is 0 Å². The van der Waals surface area contributed by atoms with Crippen LogP contribution in [0.15, 0.2) is 0 Å². The highest BCUT2D eigenvalue weighted by Crippen LogP contribution is 2.24. The number of esters is 1. The zero-order valence-corrected chi connectivity index (χ0v) is 18.7. The first-order chi connectivity index (χ1) is 13.9. The topological polar surface area (TPSA) is 118 Å². The van der Waals surface area contributed by atoms with Crippen molar-refractivity contribution in [3.63, 3.8) is 0 Å². The lowest BCUT2D eigenvalue weighted by atomic mass is 10.1. The summed E-state index contributed by atoms with van der Waals surface area (Å²) in [5.41, 5.74) is 0.718. The molecular formula is C21H31N3O6. The fraction of sp³-hybridized carbons (Fsp3) is 0.619. The van der Waals surface area contributed by atoms with E-state index in [2.05, 4.69) is 10.3 Å². The second-order valence-corrected chi connectivity index (χ2v) is 8.57. The minimum absolute atomic E-state index is 0.0813. The second kappa shape index (κ2) is 8.89. The van der Waals surface area contributed by atoms with Crippen LogP contribution in [0.3, 0.4) is 0 Å². The van der Waals surface area contributed by atoms with Gasteiger partial charge in [-0.05, 0) is 46.6 Å². The van der Waals surface area contributed by atoms with E-state index in [1.54, 1.807) is 32.6 Å². The number of nitrogens with zero attached hydrogens (tertiary/aromatic N) is 1. The first kappa shape index (κ1) is 23.4. The fourth-order valence-corrected chi connectivity index (χ4v) is 3.72. The third-order valence-corrected chi connectivity index (χ3v) is 5.17. The fourth-order valence-electron chi connectivity index (χ4n) is 3.72. The number of H-pyrrole nitrogens is 1. The molecule has 0 aliphatic carbocycles. The van der Waals surface area contributed by atoms with E-state index in [1.165, 1.54) is 14.0 Å². The molecule has 0 bridgehead atoms. The Balaban J connectivity index is 2.13. The number of ether oxygens (including phenoxy) is 2. The monoisotopic (exact) mass is 421 g/mol. The number of likely N-dealkylation sites (tertiary alicyclic amines) is 1. The highest BCUT2D eigenvalue weighted by molar-refractivity contribution is 6.01. The van der Waals surface area contributed by atoms with Crippen LogP contribution in [0.25, 0.3) is 0 Å². The van der Waals surface area contributed by atoms with Crippen LogP contribution in [0, 0.1) is 6.92 Å². The number of hydrogen-bond acceptors (Lipinski definition) is 6. The average Bonchev–Trinajstić information content (AvgIpc) is 3.13. The number of rotatable bonds is 5. The number of aromatic nitrogens is 1. The number of aromatic amines is 1. The summed E-state index contributed by atoms with van der Waals surface area (Å²) < 4.78 is 10.1. The van der Waals surface area contributed by atoms with Gasteiger partial charge >= 0.3 is 12.1 Å². The van der Waals surface area contributed by atoms with Gasteiger partial charge in [-0.25, -0.2) is 9.59 Å². The Bertz CT molecular complexity index is 852. The van der Waals surface area contributed by atoms with Crippen LogP contribution in [0.4, 0.5) is 4.79 Å². The van der Waals surface area contributed by atoms with Gasteiger partial charge < -0.3 is 24.7 Å². The number of alkyl carbamates (subject to hydrolysis) is 1. The summed E-state index contributed by atoms with van der Waals surface area (Å²) in [7, 11) is 1.25. The molecule has 9 nitrogen and oxygen atoms in total. The quantitative estimate of drug-likeness (QED) is 0.557. The van der Waals surface area contributed by atoms with Crippen molar-refractivity contribution >= 4 is 23.8 Å². The molecule has 9 heteroatoms. The van der Waals surface area contributed by atoms with Crippen LogP contribution in [-0.4, -0.2) is 65.0 Å². The Labute approximate surface area is 176 Å². The number of amides is 2. The van der Waals surface area contributed by atoms with Crippen LogP contribution < -0.4 is 5.32 Å². The third kappa shape index (κ3) is 5.20. The van der Waals surface area contributed by atoms with E-state index in [9.17, 15) is 19.2 Å². The molecule has 2 N–H and O–H groups in total. The molecule has 2 atom stereocenters. The van der Waals surface area contributed by atoms with Gasteiger partial charge in [0, 0.05) is 25.2 Å². The summed E-state index contributed by atoms with van der Waals surface area (Å²) in [6.07, 6.45) is -0.00624. The molecule has 1 aromatic heterocycles. The van der Waals surface area contributed by atoms with Crippen LogP contribution in [0.1, 0.15) is 73.1 Å². The van der Waals surface area contributed by atoms with Crippen molar-refractivity contribution in [1.82, 2.24) is 15.2 Å². The Morgan fingerprint density at radius 1 is 1.23 bits per heavy atom. The normalized spacial score (nSPS) is 18.8. The smallest absolute Gasteiger partial charge is 0.407 e. The van der Waals surface area contributed by atoms with Crippen LogP contribution >= 0.6 is 0 Å². The van der Waals surface area contributed by atoms with E-state index in [1.807, 2.05) is 6.92 Å². The molecule has 2 amide bonds. The Morgan fingerprint density at radius 3 is 2.40 bits per heavy atom. The maximum absolute atomic E-state index is 13.0. The molecule has 0 spiro atoms. The zero-order chi connectivity index (χ0) is 22.8. The van der Waals surface area contributed by atoms with E-state index < -0.39 is 17.7 Å². The number of carbonyl (C=O) groups is 4. The molecule has 2 heterocycles. The SMILES string of the molecule is COC(=O)c1c(CC(=O)N2CC[C@@H](NC(=O)OC(C)(C)C)[C@H]2C)[nH]c(C(C)=O)c1C. The molecule has 0 aromatic carbocycles. The van der Waals surface area contributed by atoms with Gasteiger partial charge in [-0.15, -0.1) is 0 Å². The van der Waals surface area contributed by atoms with Crippen molar-refractivity contribution in [2.45, 2.75) is 72.1 Å². The van der Waals surface area contributed by atoms with Crippen LogP contribution in [0.5, 0.6) is 0 Å². The minimum Gasteiger partial charge on any atom is -0.465 e. The number of ketones is 1. The van der Waals surface area contributed by atoms with E-state index in [0.29, 0.717) is 24.2 Å². The molecule has 1 aliphatic rings. The van der Waals surface area contributed by atoms with Crippen LogP contribution in [0.2, 0.25) is 0 Å². The van der Waals surface area contributed by atoms with Gasteiger partial charge in [0.25, 0.3) is 0 Å². The average molecular weight is 421 g/mol. The summed E-state index contributed by atoms with van der Waals surface area (Å²) >= 11 is 0. The number of nitrogens with one attached hydrogen (secondary N) is 2. The van der Waals surface area contributed by atoms with Gasteiger partial charge in [0.2, 0.25) is 5.91 Å². The molecule has 1 aliphatic heterocycles. The first-order valence-electron chi connectivity index (χ1n) is 9.95. The first-order valence-corrected chi connectivity index (χ1v) is 9.95. The van der Waals surface area contributed by atoms with E-state index in [4.69, 9.17) is 9.47 Å². The second-order valence-electron chi connectivity index (χ2n) is 8.57. The van der Waals surface area contributed by atoms with Crippen molar-refractivity contribution in [3.05, 3.63) is 22.5 Å². The molecule has 0 unspecified atom stereocenters. The van der Waals surface area contributed by atoms with Gasteiger partial charge in [0.15, 0.2) is 5.78 Å². The molecule has 1 saturated heterocycles. The van der Waals surface area contributed by atoms with Gasteiger partial charge in [-0.1, -0.05) is 0 Å². The highest BCUT2D eigenvalue weighted by Gasteiger charge is 2.36. The molecule has 1 fully saturated rings. The Morgan fingerprint density at radius 2 is 1.87 bits per heavy atom. The number of carbonyl (C=O) groups excluding carboxylic acids is 4. The lowest BCUT2D eigenvalue weighted by molar-refractivity contribution is -0.131. The molecule has 0 saturated carbocycles. The Hall–Kier alpha value is -2.84. The molecule has 1 aromatic rings. The highest BCUT2D eigenvalue weighted by atomic mass is 16.6. The molecular weight excluding hydrogens is 390 g/mol. The largest absolute Gasteiger partial charge is 0.465 e. The van der Waals surface area contributed by atoms with Crippen molar-refractivity contribution in [3.8, 4) is 0 Å². The Kier molecular flexibility index (Phi) is 6.95. The van der Waals surface area contributed by atoms with Gasteiger partial charge in [0.1, 0.15) is 5.60 Å². The summed E-state index contributed by atoms with van der Waals surface area (Å²) in [6.45, 7) is 10.7. The third-order valence-electron chi connectivity index (χ3n) is 5.17. The van der Waals surface area contributed by atoms with Crippen LogP contribution in [-0.2, 0) is 20.7 Å². The molecule has 2 rings (SSSR count). The number of Topliss-reactive ketones (excluding diaryl/α,β-unsaturated/α-hetero) is 1. The molecule has 30 heavy (non-hydrogen) atoms. The summed E-state index contributed by atoms with van der Waals surface area (Å²) in [4.78, 5) is 53.7.